The average molecular weight is 254 g/mol. The summed E-state index contributed by atoms with van der Waals surface area (Å²) in [6.07, 6.45) is 0. The van der Waals surface area contributed by atoms with E-state index >= 15 is 0 Å². The number of carbonyl (C=O) groups excluding carboxylic acids is 2. The van der Waals surface area contributed by atoms with Crippen LogP contribution in [-0.2, 0) is 32.9 Å². The van der Waals surface area contributed by atoms with Crippen molar-refractivity contribution in [2.24, 2.45) is 0 Å². The Hall–Kier alpha value is -0.910. The molecule has 0 amide bonds. The van der Waals surface area contributed by atoms with E-state index in [0.717, 1.165) is 0 Å². The highest BCUT2D eigenvalue weighted by Crippen LogP contribution is 2.36. The zero-order chi connectivity index (χ0) is 12.6. The SMILES string of the molecule is COCC(=O)OCC(=O)OCOP(C)(C)=O. The van der Waals surface area contributed by atoms with Gasteiger partial charge in [0.15, 0.2) is 20.8 Å². The van der Waals surface area contributed by atoms with E-state index in [9.17, 15) is 14.2 Å². The van der Waals surface area contributed by atoms with Gasteiger partial charge in [0.1, 0.15) is 6.61 Å². The maximum atomic E-state index is 11.0. The molecule has 0 saturated carbocycles. The van der Waals surface area contributed by atoms with Crippen molar-refractivity contribution in [3.63, 3.8) is 0 Å². The number of rotatable bonds is 7. The van der Waals surface area contributed by atoms with Gasteiger partial charge in [0.05, 0.1) is 0 Å². The third-order valence-electron chi connectivity index (χ3n) is 1.20. The molecule has 8 heteroatoms. The molecule has 0 aliphatic rings. The number of ether oxygens (including phenoxy) is 3. The molecular formula is C8H15O7P. The molecule has 0 aromatic carbocycles. The van der Waals surface area contributed by atoms with Crippen LogP contribution in [0.4, 0.5) is 0 Å². The van der Waals surface area contributed by atoms with Crippen molar-refractivity contribution in [2.75, 3.05) is 40.4 Å². The minimum Gasteiger partial charge on any atom is -0.452 e. The first-order valence-corrected chi connectivity index (χ1v) is 6.87. The molecule has 0 fully saturated rings. The molecule has 16 heavy (non-hydrogen) atoms. The van der Waals surface area contributed by atoms with Crippen LogP contribution in [0.15, 0.2) is 0 Å². The standard InChI is InChI=1S/C8H15O7P/c1-12-4-7(9)13-5-8(10)14-6-15-16(2,3)11/h4-6H2,1-3H3. The second-order valence-electron chi connectivity index (χ2n) is 3.11. The number of hydrogen-bond acceptors (Lipinski definition) is 7. The minimum atomic E-state index is -2.68. The lowest BCUT2D eigenvalue weighted by atomic mass is 10.7. The highest BCUT2D eigenvalue weighted by molar-refractivity contribution is 7.57. The van der Waals surface area contributed by atoms with Gasteiger partial charge in [-0.15, -0.1) is 0 Å². The highest BCUT2D eigenvalue weighted by atomic mass is 31.2. The van der Waals surface area contributed by atoms with Crippen molar-refractivity contribution >= 4 is 19.3 Å². The fraction of sp³-hybridized carbons (Fsp3) is 0.750. The summed E-state index contributed by atoms with van der Waals surface area (Å²) < 4.78 is 29.2. The lowest BCUT2D eigenvalue weighted by Crippen LogP contribution is -2.19. The van der Waals surface area contributed by atoms with Gasteiger partial charge in [-0.3, -0.25) is 9.09 Å². The van der Waals surface area contributed by atoms with Crippen molar-refractivity contribution in [3.8, 4) is 0 Å². The Morgan fingerprint density at radius 1 is 1.06 bits per heavy atom. The molecule has 94 valence electrons. The molecule has 0 aromatic heterocycles. The summed E-state index contributed by atoms with van der Waals surface area (Å²) in [7, 11) is -1.35. The first kappa shape index (κ1) is 15.1. The van der Waals surface area contributed by atoms with E-state index < -0.39 is 32.7 Å². The molecule has 0 unspecified atom stereocenters. The summed E-state index contributed by atoms with van der Waals surface area (Å²) in [5.74, 6) is -1.45. The zero-order valence-electron chi connectivity index (χ0n) is 9.43. The summed E-state index contributed by atoms with van der Waals surface area (Å²) in [6.45, 7) is 1.59. The van der Waals surface area contributed by atoms with Gasteiger partial charge in [0.25, 0.3) is 0 Å². The van der Waals surface area contributed by atoms with E-state index in [1.807, 2.05) is 0 Å². The molecule has 7 nitrogen and oxygen atoms in total. The van der Waals surface area contributed by atoms with Crippen LogP contribution in [0.25, 0.3) is 0 Å². The predicted octanol–water partition coefficient (Wildman–Crippen LogP) is 0.231. The zero-order valence-corrected chi connectivity index (χ0v) is 10.3. The van der Waals surface area contributed by atoms with Gasteiger partial charge in [-0.1, -0.05) is 0 Å². The number of esters is 2. The van der Waals surface area contributed by atoms with Gasteiger partial charge in [-0.05, 0) is 0 Å². The average Bonchev–Trinajstić information content (AvgIpc) is 2.13. The van der Waals surface area contributed by atoms with Crippen LogP contribution < -0.4 is 0 Å². The van der Waals surface area contributed by atoms with Crippen molar-refractivity contribution in [1.82, 2.24) is 0 Å². The van der Waals surface area contributed by atoms with Crippen LogP contribution in [0, 0.1) is 0 Å². The third kappa shape index (κ3) is 9.64. The Bertz CT molecular complexity index is 282. The monoisotopic (exact) mass is 254 g/mol. The van der Waals surface area contributed by atoms with Gasteiger partial charge in [0, 0.05) is 20.4 Å². The van der Waals surface area contributed by atoms with E-state index in [1.165, 1.54) is 20.4 Å². The van der Waals surface area contributed by atoms with Crippen molar-refractivity contribution in [2.45, 2.75) is 0 Å². The van der Waals surface area contributed by atoms with Gasteiger partial charge >= 0.3 is 11.9 Å². The van der Waals surface area contributed by atoms with Gasteiger partial charge in [-0.25, -0.2) is 9.59 Å². The molecule has 0 spiro atoms. The molecular weight excluding hydrogens is 239 g/mol. The van der Waals surface area contributed by atoms with Gasteiger partial charge in [0.2, 0.25) is 0 Å². The molecule has 0 aliphatic carbocycles. The van der Waals surface area contributed by atoms with E-state index in [1.54, 1.807) is 0 Å². The second-order valence-corrected chi connectivity index (χ2v) is 5.87. The van der Waals surface area contributed by atoms with Crippen LogP contribution in [0.5, 0.6) is 0 Å². The van der Waals surface area contributed by atoms with Crippen LogP contribution in [0.1, 0.15) is 0 Å². The number of carbonyl (C=O) groups is 2. The minimum absolute atomic E-state index is 0.233. The van der Waals surface area contributed by atoms with Crippen molar-refractivity contribution in [3.05, 3.63) is 0 Å². The van der Waals surface area contributed by atoms with Crippen LogP contribution >= 0.6 is 7.37 Å². The number of methoxy groups -OCH3 is 1. The Kier molecular flexibility index (Phi) is 6.96. The molecule has 0 rings (SSSR count). The summed E-state index contributed by atoms with van der Waals surface area (Å²) in [4.78, 5) is 21.7. The van der Waals surface area contributed by atoms with Gasteiger partial charge in [-0.2, -0.15) is 0 Å². The summed E-state index contributed by atoms with van der Waals surface area (Å²) in [5.41, 5.74) is 0. The molecule has 0 saturated heterocycles. The Morgan fingerprint density at radius 3 is 2.12 bits per heavy atom. The van der Waals surface area contributed by atoms with Crippen molar-refractivity contribution < 1.29 is 32.9 Å². The third-order valence-corrected chi connectivity index (χ3v) is 1.92. The second kappa shape index (κ2) is 7.38. The van der Waals surface area contributed by atoms with Crippen LogP contribution in [0.2, 0.25) is 0 Å². The molecule has 0 heterocycles. The lowest BCUT2D eigenvalue weighted by molar-refractivity contribution is -0.164. The molecule has 0 atom stereocenters. The van der Waals surface area contributed by atoms with E-state index in [2.05, 4.69) is 14.2 Å². The van der Waals surface area contributed by atoms with Crippen molar-refractivity contribution in [1.29, 1.82) is 0 Å². The topological polar surface area (TPSA) is 88.1 Å². The highest BCUT2D eigenvalue weighted by Gasteiger charge is 2.11. The van der Waals surface area contributed by atoms with Crippen LogP contribution in [-0.4, -0.2) is 52.4 Å². The van der Waals surface area contributed by atoms with E-state index in [4.69, 9.17) is 4.52 Å². The normalized spacial score (nSPS) is 10.9. The lowest BCUT2D eigenvalue weighted by Gasteiger charge is -2.09. The predicted molar refractivity (Wildman–Crippen MR) is 54.3 cm³/mol. The summed E-state index contributed by atoms with van der Waals surface area (Å²) in [5, 5.41) is 0. The first-order chi connectivity index (χ1) is 7.35. The van der Waals surface area contributed by atoms with Gasteiger partial charge < -0.3 is 14.2 Å². The molecule has 0 radical (unpaired) electrons. The molecule has 0 N–H and O–H groups in total. The summed E-state index contributed by atoms with van der Waals surface area (Å²) in [6, 6.07) is 0. The number of hydrogen-bond donors (Lipinski definition) is 0. The molecule has 0 aliphatic heterocycles. The quantitative estimate of drug-likeness (QED) is 0.365. The maximum absolute atomic E-state index is 11.0. The van der Waals surface area contributed by atoms with Crippen LogP contribution in [0.3, 0.4) is 0 Å². The van der Waals surface area contributed by atoms with E-state index in [0.29, 0.717) is 0 Å². The Labute approximate surface area is 93.4 Å². The van der Waals surface area contributed by atoms with E-state index in [-0.39, 0.29) is 6.61 Å². The largest absolute Gasteiger partial charge is 0.452 e. The maximum Gasteiger partial charge on any atom is 0.346 e. The first-order valence-electron chi connectivity index (χ1n) is 4.35. The fourth-order valence-corrected chi connectivity index (χ4v) is 0.866. The summed E-state index contributed by atoms with van der Waals surface area (Å²) >= 11 is 0. The molecule has 0 bridgehead atoms. The Balaban J connectivity index is 3.60. The smallest absolute Gasteiger partial charge is 0.346 e. The fourth-order valence-electron chi connectivity index (χ4n) is 0.560. The Morgan fingerprint density at radius 2 is 1.62 bits per heavy atom. The molecule has 0 aromatic rings.